The van der Waals surface area contributed by atoms with Crippen LogP contribution in [0.5, 0.6) is 5.75 Å². The standard InChI is InChI=1S/C6H5ClO.C6H18N4/c7-5-1-3-6(8)4-2-5;7-1-3-9-5-6-10-4-2-8/h1-4,8H;9-10H,1-8H2. The topological polar surface area (TPSA) is 96.3 Å². The molecular formula is C12H23ClN4O. The van der Waals surface area contributed by atoms with Gasteiger partial charge in [0.2, 0.25) is 0 Å². The van der Waals surface area contributed by atoms with Gasteiger partial charge < -0.3 is 27.2 Å². The lowest BCUT2D eigenvalue weighted by atomic mass is 10.3. The highest BCUT2D eigenvalue weighted by Gasteiger charge is 1.84. The van der Waals surface area contributed by atoms with Crippen molar-refractivity contribution in [1.29, 1.82) is 0 Å². The third-order valence-corrected chi connectivity index (χ3v) is 2.20. The zero-order valence-electron chi connectivity index (χ0n) is 10.5. The van der Waals surface area contributed by atoms with Gasteiger partial charge in [-0.05, 0) is 24.3 Å². The maximum atomic E-state index is 8.70. The fraction of sp³-hybridized carbons (Fsp3) is 0.500. The minimum Gasteiger partial charge on any atom is -0.508 e. The molecule has 0 aliphatic rings. The third-order valence-electron chi connectivity index (χ3n) is 1.95. The van der Waals surface area contributed by atoms with Crippen molar-refractivity contribution < 1.29 is 5.11 Å². The van der Waals surface area contributed by atoms with Crippen LogP contribution < -0.4 is 22.1 Å². The van der Waals surface area contributed by atoms with Gasteiger partial charge in [-0.3, -0.25) is 0 Å². The van der Waals surface area contributed by atoms with Crippen molar-refractivity contribution in [3.8, 4) is 5.75 Å². The molecule has 0 fully saturated rings. The maximum absolute atomic E-state index is 8.70. The van der Waals surface area contributed by atoms with Crippen molar-refractivity contribution >= 4 is 11.6 Å². The molecule has 1 aromatic carbocycles. The van der Waals surface area contributed by atoms with E-state index in [-0.39, 0.29) is 5.75 Å². The zero-order chi connectivity index (χ0) is 13.6. The van der Waals surface area contributed by atoms with E-state index in [4.69, 9.17) is 28.2 Å². The van der Waals surface area contributed by atoms with Crippen LogP contribution in [0.25, 0.3) is 0 Å². The largest absolute Gasteiger partial charge is 0.508 e. The summed E-state index contributed by atoms with van der Waals surface area (Å²) in [7, 11) is 0. The predicted molar refractivity (Wildman–Crippen MR) is 77.0 cm³/mol. The highest BCUT2D eigenvalue weighted by Crippen LogP contribution is 2.12. The monoisotopic (exact) mass is 274 g/mol. The number of phenols is 1. The Morgan fingerprint density at radius 2 is 1.33 bits per heavy atom. The summed E-state index contributed by atoms with van der Waals surface area (Å²) < 4.78 is 0. The molecule has 0 unspecified atom stereocenters. The maximum Gasteiger partial charge on any atom is 0.115 e. The molecule has 0 radical (unpaired) electrons. The van der Waals surface area contributed by atoms with Gasteiger partial charge in [-0.2, -0.15) is 0 Å². The number of halogens is 1. The van der Waals surface area contributed by atoms with E-state index in [1.807, 2.05) is 0 Å². The first-order chi connectivity index (χ1) is 8.70. The first kappa shape index (κ1) is 17.2. The molecule has 0 aliphatic heterocycles. The second kappa shape index (κ2) is 12.6. The number of nitrogens with one attached hydrogen (secondary N) is 2. The second-order valence-corrected chi connectivity index (χ2v) is 3.99. The Morgan fingerprint density at radius 1 is 0.889 bits per heavy atom. The lowest BCUT2D eigenvalue weighted by Gasteiger charge is -2.03. The van der Waals surface area contributed by atoms with E-state index in [2.05, 4.69) is 10.6 Å². The third kappa shape index (κ3) is 11.6. The Balaban J connectivity index is 0.000000327. The van der Waals surface area contributed by atoms with Gasteiger partial charge in [0.05, 0.1) is 0 Å². The van der Waals surface area contributed by atoms with Crippen LogP contribution in [-0.4, -0.2) is 44.4 Å². The van der Waals surface area contributed by atoms with Crippen molar-refractivity contribution in [1.82, 2.24) is 10.6 Å². The fourth-order valence-electron chi connectivity index (χ4n) is 1.07. The fourth-order valence-corrected chi connectivity index (χ4v) is 1.20. The number of aromatic hydroxyl groups is 1. The Hall–Kier alpha value is -0.850. The van der Waals surface area contributed by atoms with Crippen LogP contribution in [0.2, 0.25) is 5.02 Å². The van der Waals surface area contributed by atoms with E-state index in [0.29, 0.717) is 18.1 Å². The van der Waals surface area contributed by atoms with Crippen LogP contribution in [0.15, 0.2) is 24.3 Å². The van der Waals surface area contributed by atoms with Crippen molar-refractivity contribution in [2.75, 3.05) is 39.3 Å². The molecule has 0 aromatic heterocycles. The van der Waals surface area contributed by atoms with Crippen LogP contribution in [0.4, 0.5) is 0 Å². The minimum absolute atomic E-state index is 0.245. The Labute approximate surface area is 114 Å². The number of nitrogens with two attached hydrogens (primary N) is 2. The van der Waals surface area contributed by atoms with Gasteiger partial charge in [0.1, 0.15) is 5.75 Å². The second-order valence-electron chi connectivity index (χ2n) is 3.55. The number of rotatable bonds is 7. The summed E-state index contributed by atoms with van der Waals surface area (Å²) in [4.78, 5) is 0. The summed E-state index contributed by atoms with van der Waals surface area (Å²) in [6.07, 6.45) is 0. The van der Waals surface area contributed by atoms with Gasteiger partial charge in [-0.25, -0.2) is 0 Å². The summed E-state index contributed by atoms with van der Waals surface area (Å²) in [6.45, 7) is 5.14. The number of hydrogen-bond donors (Lipinski definition) is 5. The summed E-state index contributed by atoms with van der Waals surface area (Å²) >= 11 is 5.50. The molecule has 0 aliphatic carbocycles. The molecule has 0 bridgehead atoms. The van der Waals surface area contributed by atoms with E-state index >= 15 is 0 Å². The summed E-state index contributed by atoms with van der Waals surface area (Å²) in [6, 6.07) is 6.36. The number of benzene rings is 1. The van der Waals surface area contributed by atoms with Crippen LogP contribution in [0.3, 0.4) is 0 Å². The molecule has 6 heteroatoms. The summed E-state index contributed by atoms with van der Waals surface area (Å²) in [5.41, 5.74) is 10.5. The molecule has 0 heterocycles. The molecule has 1 aromatic rings. The van der Waals surface area contributed by atoms with Crippen molar-refractivity contribution in [3.05, 3.63) is 29.3 Å². The van der Waals surface area contributed by atoms with Crippen LogP contribution in [0.1, 0.15) is 0 Å². The molecule has 0 atom stereocenters. The first-order valence-corrected chi connectivity index (χ1v) is 6.34. The molecule has 104 valence electrons. The summed E-state index contributed by atoms with van der Waals surface area (Å²) in [5, 5.41) is 15.7. The van der Waals surface area contributed by atoms with E-state index in [1.165, 1.54) is 0 Å². The van der Waals surface area contributed by atoms with Crippen LogP contribution >= 0.6 is 11.6 Å². The lowest BCUT2D eigenvalue weighted by molar-refractivity contribution is 0.475. The normalized spacial score (nSPS) is 9.72. The van der Waals surface area contributed by atoms with Gasteiger partial charge in [-0.15, -0.1) is 0 Å². The van der Waals surface area contributed by atoms with Crippen molar-refractivity contribution in [2.45, 2.75) is 0 Å². The molecule has 0 saturated heterocycles. The predicted octanol–water partition coefficient (Wildman–Crippen LogP) is 0.129. The molecule has 1 rings (SSSR count). The smallest absolute Gasteiger partial charge is 0.115 e. The molecule has 0 spiro atoms. The van der Waals surface area contributed by atoms with Gasteiger partial charge in [-0.1, -0.05) is 11.6 Å². The number of phenolic OH excluding ortho intramolecular Hbond substituents is 1. The number of hydrogen-bond acceptors (Lipinski definition) is 5. The molecule has 0 amide bonds. The van der Waals surface area contributed by atoms with E-state index in [9.17, 15) is 0 Å². The zero-order valence-corrected chi connectivity index (χ0v) is 11.3. The minimum atomic E-state index is 0.245. The van der Waals surface area contributed by atoms with E-state index < -0.39 is 0 Å². The molecular weight excluding hydrogens is 252 g/mol. The Kier molecular flexibility index (Phi) is 12.0. The lowest BCUT2D eigenvalue weighted by Crippen LogP contribution is -2.32. The van der Waals surface area contributed by atoms with Crippen molar-refractivity contribution in [3.63, 3.8) is 0 Å². The average Bonchev–Trinajstić information content (AvgIpc) is 2.38. The Bertz CT molecular complexity index is 253. The molecule has 5 nitrogen and oxygen atoms in total. The van der Waals surface area contributed by atoms with Gasteiger partial charge in [0.15, 0.2) is 0 Å². The highest BCUT2D eigenvalue weighted by atomic mass is 35.5. The van der Waals surface area contributed by atoms with Crippen LogP contribution in [0, 0.1) is 0 Å². The molecule has 18 heavy (non-hydrogen) atoms. The Morgan fingerprint density at radius 3 is 1.67 bits per heavy atom. The quantitative estimate of drug-likeness (QED) is 0.456. The summed E-state index contributed by atoms with van der Waals surface area (Å²) in [5.74, 6) is 0.245. The molecule has 0 saturated carbocycles. The molecule has 7 N–H and O–H groups in total. The highest BCUT2D eigenvalue weighted by molar-refractivity contribution is 6.30. The first-order valence-electron chi connectivity index (χ1n) is 5.96. The average molecular weight is 275 g/mol. The van der Waals surface area contributed by atoms with E-state index in [0.717, 1.165) is 26.2 Å². The van der Waals surface area contributed by atoms with Crippen LogP contribution in [-0.2, 0) is 0 Å². The SMILES string of the molecule is NCCNCCNCCN.Oc1ccc(Cl)cc1. The van der Waals surface area contributed by atoms with Gasteiger partial charge >= 0.3 is 0 Å². The van der Waals surface area contributed by atoms with E-state index in [1.54, 1.807) is 24.3 Å². The van der Waals surface area contributed by atoms with Gasteiger partial charge in [0.25, 0.3) is 0 Å². The van der Waals surface area contributed by atoms with Gasteiger partial charge in [0, 0.05) is 44.3 Å². The van der Waals surface area contributed by atoms with Crippen molar-refractivity contribution in [2.24, 2.45) is 11.5 Å².